The third-order valence-corrected chi connectivity index (χ3v) is 5.34. The summed E-state index contributed by atoms with van der Waals surface area (Å²) in [6, 6.07) is 13.8. The number of amides is 1. The highest BCUT2D eigenvalue weighted by Gasteiger charge is 2.21. The monoisotopic (exact) mass is 391 g/mol. The highest BCUT2D eigenvalue weighted by Crippen LogP contribution is 2.35. The number of para-hydroxylation sites is 1. The highest BCUT2D eigenvalue weighted by molar-refractivity contribution is 5.99. The minimum Gasteiger partial charge on any atom is -0.454 e. The first-order valence-electron chi connectivity index (χ1n) is 9.65. The van der Waals surface area contributed by atoms with E-state index in [2.05, 4.69) is 15.2 Å². The van der Waals surface area contributed by atoms with Crippen LogP contribution in [0.1, 0.15) is 33.2 Å². The number of fused-ring (bicyclic) bond motifs is 2. The number of hydrogen-bond donors (Lipinski definition) is 1. The molecule has 0 saturated carbocycles. The van der Waals surface area contributed by atoms with Crippen LogP contribution in [-0.2, 0) is 0 Å². The maximum atomic E-state index is 12.9. The summed E-state index contributed by atoms with van der Waals surface area (Å²) in [4.78, 5) is 19.7. The Morgan fingerprint density at radius 3 is 2.72 bits per heavy atom. The van der Waals surface area contributed by atoms with Crippen LogP contribution >= 0.6 is 0 Å². The number of likely N-dealkylation sites (N-methyl/N-ethyl adjacent to an activating group) is 1. The van der Waals surface area contributed by atoms with Crippen molar-refractivity contribution in [2.24, 2.45) is 0 Å². The quantitative estimate of drug-likeness (QED) is 0.720. The first-order valence-corrected chi connectivity index (χ1v) is 9.65. The summed E-state index contributed by atoms with van der Waals surface area (Å²) in [6.45, 7) is 4.62. The summed E-state index contributed by atoms with van der Waals surface area (Å²) in [5.41, 5.74) is 4.43. The molecule has 29 heavy (non-hydrogen) atoms. The number of carbonyl (C=O) groups is 1. The first-order chi connectivity index (χ1) is 13.9. The molecule has 4 rings (SSSR count). The Kier molecular flexibility index (Phi) is 5.11. The zero-order chi connectivity index (χ0) is 20.5. The SMILES string of the molecule is Cc1nc2c(C)cccc2cc1C(=O)NC[C@@H](c1ccc2c(c1)OCO2)N(C)C. The fourth-order valence-corrected chi connectivity index (χ4v) is 3.67. The van der Waals surface area contributed by atoms with Crippen molar-refractivity contribution >= 4 is 16.8 Å². The van der Waals surface area contributed by atoms with E-state index in [-0.39, 0.29) is 18.7 Å². The summed E-state index contributed by atoms with van der Waals surface area (Å²) in [7, 11) is 3.99. The van der Waals surface area contributed by atoms with Crippen molar-refractivity contribution in [3.8, 4) is 11.5 Å². The van der Waals surface area contributed by atoms with Gasteiger partial charge in [-0.25, -0.2) is 0 Å². The third-order valence-electron chi connectivity index (χ3n) is 5.34. The summed E-state index contributed by atoms with van der Waals surface area (Å²) in [5.74, 6) is 1.38. The Morgan fingerprint density at radius 2 is 1.93 bits per heavy atom. The topological polar surface area (TPSA) is 63.7 Å². The molecule has 1 aliphatic heterocycles. The van der Waals surface area contributed by atoms with Crippen LogP contribution in [0.5, 0.6) is 11.5 Å². The molecular weight excluding hydrogens is 366 g/mol. The van der Waals surface area contributed by atoms with Gasteiger partial charge in [-0.2, -0.15) is 0 Å². The molecule has 150 valence electrons. The zero-order valence-corrected chi connectivity index (χ0v) is 17.2. The van der Waals surface area contributed by atoms with E-state index in [9.17, 15) is 4.79 Å². The Morgan fingerprint density at radius 1 is 1.14 bits per heavy atom. The summed E-state index contributed by atoms with van der Waals surface area (Å²) >= 11 is 0. The third kappa shape index (κ3) is 3.76. The van der Waals surface area contributed by atoms with Crippen LogP contribution in [0.15, 0.2) is 42.5 Å². The van der Waals surface area contributed by atoms with Crippen LogP contribution < -0.4 is 14.8 Å². The van der Waals surface area contributed by atoms with Crippen molar-refractivity contribution < 1.29 is 14.3 Å². The molecule has 6 heteroatoms. The molecule has 0 aliphatic carbocycles. The standard InChI is InChI=1S/C23H25N3O3/c1-14-6-5-7-17-10-18(15(2)25-22(14)17)23(27)24-12-19(26(3)4)16-8-9-20-21(11-16)29-13-28-20/h5-11,19H,12-13H2,1-4H3,(H,24,27)/t19-/m0/s1. The number of nitrogens with zero attached hydrogens (tertiary/aromatic N) is 2. The van der Waals surface area contributed by atoms with Crippen LogP contribution in [-0.4, -0.2) is 43.2 Å². The fourth-order valence-electron chi connectivity index (χ4n) is 3.67. The molecule has 1 amide bonds. The summed E-state index contributed by atoms with van der Waals surface area (Å²) in [6.07, 6.45) is 0. The number of carbonyl (C=O) groups excluding carboxylic acids is 1. The van der Waals surface area contributed by atoms with Gasteiger partial charge in [0.05, 0.1) is 22.8 Å². The average molecular weight is 391 g/mol. The second-order valence-corrected chi connectivity index (χ2v) is 7.57. The van der Waals surface area contributed by atoms with Gasteiger partial charge in [0, 0.05) is 11.9 Å². The predicted octanol–water partition coefficient (Wildman–Crippen LogP) is 3.61. The Hall–Kier alpha value is -3.12. The minimum atomic E-state index is -0.119. The van der Waals surface area contributed by atoms with E-state index in [0.29, 0.717) is 12.1 Å². The van der Waals surface area contributed by atoms with Gasteiger partial charge in [-0.1, -0.05) is 24.3 Å². The number of benzene rings is 2. The molecule has 2 heterocycles. The Bertz CT molecular complexity index is 1080. The number of hydrogen-bond acceptors (Lipinski definition) is 5. The highest BCUT2D eigenvalue weighted by atomic mass is 16.7. The van der Waals surface area contributed by atoms with E-state index in [0.717, 1.165) is 39.2 Å². The number of rotatable bonds is 5. The Labute approximate surface area is 170 Å². The predicted molar refractivity (Wildman–Crippen MR) is 113 cm³/mol. The molecule has 1 N–H and O–H groups in total. The van der Waals surface area contributed by atoms with Gasteiger partial charge in [0.15, 0.2) is 11.5 Å². The number of nitrogens with one attached hydrogen (secondary N) is 1. The number of pyridine rings is 1. The van der Waals surface area contributed by atoms with Gasteiger partial charge in [0.1, 0.15) is 0 Å². The van der Waals surface area contributed by atoms with Crippen LogP contribution in [0, 0.1) is 13.8 Å². The van der Waals surface area contributed by atoms with Crippen LogP contribution in [0.3, 0.4) is 0 Å². The lowest BCUT2D eigenvalue weighted by atomic mass is 10.0. The van der Waals surface area contributed by atoms with E-state index in [1.54, 1.807) is 0 Å². The molecule has 6 nitrogen and oxygen atoms in total. The summed E-state index contributed by atoms with van der Waals surface area (Å²) < 4.78 is 10.9. The number of ether oxygens (including phenoxy) is 2. The largest absolute Gasteiger partial charge is 0.454 e. The number of aromatic nitrogens is 1. The minimum absolute atomic E-state index is 0.00409. The first kappa shape index (κ1) is 19.2. The molecule has 3 aromatic rings. The van der Waals surface area contributed by atoms with Crippen LogP contribution in [0.4, 0.5) is 0 Å². The van der Waals surface area contributed by atoms with E-state index in [1.165, 1.54) is 0 Å². The maximum absolute atomic E-state index is 12.9. The molecule has 1 aromatic heterocycles. The van der Waals surface area contributed by atoms with Gasteiger partial charge in [-0.3, -0.25) is 9.78 Å². The molecule has 0 spiro atoms. The number of aryl methyl sites for hydroxylation is 2. The van der Waals surface area contributed by atoms with Crippen molar-refractivity contribution in [2.45, 2.75) is 19.9 Å². The van der Waals surface area contributed by atoms with Gasteiger partial charge in [0.2, 0.25) is 6.79 Å². The van der Waals surface area contributed by atoms with Crippen molar-refractivity contribution in [2.75, 3.05) is 27.4 Å². The van der Waals surface area contributed by atoms with Crippen LogP contribution in [0.2, 0.25) is 0 Å². The maximum Gasteiger partial charge on any atom is 0.253 e. The lowest BCUT2D eigenvalue weighted by Crippen LogP contribution is -2.35. The fraction of sp³-hybridized carbons (Fsp3) is 0.304. The van der Waals surface area contributed by atoms with E-state index in [1.807, 2.05) is 70.4 Å². The molecule has 0 fully saturated rings. The summed E-state index contributed by atoms with van der Waals surface area (Å²) in [5, 5.41) is 4.05. The lowest BCUT2D eigenvalue weighted by Gasteiger charge is -2.25. The van der Waals surface area contributed by atoms with Crippen molar-refractivity contribution in [1.29, 1.82) is 0 Å². The second-order valence-electron chi connectivity index (χ2n) is 7.57. The van der Waals surface area contributed by atoms with Crippen molar-refractivity contribution in [3.63, 3.8) is 0 Å². The Balaban J connectivity index is 1.54. The van der Waals surface area contributed by atoms with E-state index < -0.39 is 0 Å². The smallest absolute Gasteiger partial charge is 0.253 e. The molecule has 1 atom stereocenters. The average Bonchev–Trinajstić information content (AvgIpc) is 3.16. The molecule has 2 aromatic carbocycles. The molecule has 0 radical (unpaired) electrons. The van der Waals surface area contributed by atoms with Gasteiger partial charge in [-0.05, 0) is 57.3 Å². The van der Waals surface area contributed by atoms with Crippen LogP contribution in [0.25, 0.3) is 10.9 Å². The van der Waals surface area contributed by atoms with Gasteiger partial charge in [0.25, 0.3) is 5.91 Å². The van der Waals surface area contributed by atoms with Crippen molar-refractivity contribution in [3.05, 3.63) is 64.8 Å². The molecule has 0 bridgehead atoms. The van der Waals surface area contributed by atoms with Gasteiger partial charge in [-0.15, -0.1) is 0 Å². The molecule has 1 aliphatic rings. The molecular formula is C23H25N3O3. The van der Waals surface area contributed by atoms with E-state index in [4.69, 9.17) is 9.47 Å². The van der Waals surface area contributed by atoms with E-state index >= 15 is 0 Å². The lowest BCUT2D eigenvalue weighted by molar-refractivity contribution is 0.0941. The van der Waals surface area contributed by atoms with Gasteiger partial charge < -0.3 is 19.7 Å². The second kappa shape index (κ2) is 7.72. The normalized spacial score (nSPS) is 13.7. The van der Waals surface area contributed by atoms with Gasteiger partial charge >= 0.3 is 0 Å². The molecule has 0 saturated heterocycles. The van der Waals surface area contributed by atoms with Crippen molar-refractivity contribution in [1.82, 2.24) is 15.2 Å². The molecule has 0 unspecified atom stereocenters. The zero-order valence-electron chi connectivity index (χ0n) is 17.2.